The number of amidine groups is 1. The first-order valence-corrected chi connectivity index (χ1v) is 11.5. The van der Waals surface area contributed by atoms with Gasteiger partial charge in [0, 0.05) is 18.7 Å². The van der Waals surface area contributed by atoms with Crippen LogP contribution in [0.15, 0.2) is 47.5 Å². The van der Waals surface area contributed by atoms with Gasteiger partial charge < -0.3 is 10.6 Å². The van der Waals surface area contributed by atoms with E-state index in [1.54, 1.807) is 12.1 Å². The number of carbonyl (C=O) groups is 1. The Balaban J connectivity index is 1.33. The Morgan fingerprint density at radius 1 is 1.26 bits per heavy atom. The van der Waals surface area contributed by atoms with Crippen molar-refractivity contribution >= 4 is 60.1 Å². The molecule has 0 bridgehead atoms. The largest absolute Gasteiger partial charge is 0.361 e. The fourth-order valence-electron chi connectivity index (χ4n) is 3.14. The van der Waals surface area contributed by atoms with Crippen molar-refractivity contribution < 1.29 is 9.72 Å². The van der Waals surface area contributed by atoms with Crippen LogP contribution in [0.4, 0.5) is 16.5 Å². The third-order valence-electron chi connectivity index (χ3n) is 4.84. The summed E-state index contributed by atoms with van der Waals surface area (Å²) in [5, 5.41) is 18.9. The van der Waals surface area contributed by atoms with Crippen LogP contribution in [0.25, 0.3) is 10.2 Å². The van der Waals surface area contributed by atoms with Crippen LogP contribution < -0.4 is 10.6 Å². The van der Waals surface area contributed by atoms with Crippen molar-refractivity contribution in [3.8, 4) is 0 Å². The van der Waals surface area contributed by atoms with Crippen molar-refractivity contribution in [2.45, 2.75) is 26.3 Å². The maximum Gasteiger partial charge on any atom is 0.270 e. The van der Waals surface area contributed by atoms with Crippen LogP contribution in [0.3, 0.4) is 0 Å². The Morgan fingerprint density at radius 3 is 2.71 bits per heavy atom. The normalized spacial score (nSPS) is 17.5. The lowest BCUT2D eigenvalue weighted by molar-refractivity contribution is -0.384. The van der Waals surface area contributed by atoms with Crippen LogP contribution in [0.2, 0.25) is 0 Å². The lowest BCUT2D eigenvalue weighted by Crippen LogP contribution is -2.34. The van der Waals surface area contributed by atoms with E-state index in [9.17, 15) is 14.9 Å². The number of aliphatic imine (C=N–C) groups is 1. The fourth-order valence-corrected chi connectivity index (χ4v) is 5.05. The highest BCUT2D eigenvalue weighted by atomic mass is 32.2. The smallest absolute Gasteiger partial charge is 0.270 e. The minimum Gasteiger partial charge on any atom is -0.361 e. The van der Waals surface area contributed by atoms with E-state index < -0.39 is 4.92 Å². The van der Waals surface area contributed by atoms with Crippen LogP contribution in [0, 0.1) is 16.0 Å². The molecule has 1 saturated heterocycles. The van der Waals surface area contributed by atoms with Crippen LogP contribution in [-0.4, -0.2) is 32.8 Å². The molecule has 0 spiro atoms. The Bertz CT molecular complexity index is 1160. The number of nitro benzene ring substituents is 1. The molecule has 0 unspecified atom stereocenters. The average Bonchev–Trinajstić information content (AvgIpc) is 3.31. The number of non-ortho nitro benzene ring substituents is 1. The summed E-state index contributed by atoms with van der Waals surface area (Å²) in [6.45, 7) is 4.72. The van der Waals surface area contributed by atoms with E-state index in [4.69, 9.17) is 0 Å². The van der Waals surface area contributed by atoms with Gasteiger partial charge in [0.05, 0.1) is 26.9 Å². The van der Waals surface area contributed by atoms with E-state index in [-0.39, 0.29) is 22.8 Å². The summed E-state index contributed by atoms with van der Waals surface area (Å²) in [6.07, 6.45) is 0.799. The number of anilines is 1. The highest BCUT2D eigenvalue weighted by molar-refractivity contribution is 8.27. The number of thiazole rings is 1. The molecule has 4 rings (SSSR count). The van der Waals surface area contributed by atoms with Crippen molar-refractivity contribution in [2.75, 3.05) is 11.9 Å². The number of hydrogen-bond donors (Lipinski definition) is 2. The molecule has 0 radical (unpaired) electrons. The number of nitrogens with one attached hydrogen (secondary N) is 2. The van der Waals surface area contributed by atoms with Gasteiger partial charge in [-0.2, -0.15) is 0 Å². The molecule has 160 valence electrons. The minimum absolute atomic E-state index is 0.0710. The van der Waals surface area contributed by atoms with Gasteiger partial charge in [0.25, 0.3) is 5.69 Å². The van der Waals surface area contributed by atoms with Gasteiger partial charge in [-0.3, -0.25) is 14.9 Å². The summed E-state index contributed by atoms with van der Waals surface area (Å²) in [5.74, 6) is 0.230. The molecule has 0 amide bonds. The highest BCUT2D eigenvalue weighted by Gasteiger charge is 2.32. The van der Waals surface area contributed by atoms with Crippen LogP contribution >= 0.6 is 23.1 Å². The van der Waals surface area contributed by atoms with E-state index in [0.717, 1.165) is 44.8 Å². The van der Waals surface area contributed by atoms with Crippen molar-refractivity contribution in [2.24, 2.45) is 10.9 Å². The molecule has 2 aromatic carbocycles. The zero-order chi connectivity index (χ0) is 22.0. The second kappa shape index (κ2) is 9.03. The van der Waals surface area contributed by atoms with Gasteiger partial charge in [-0.15, -0.1) is 0 Å². The van der Waals surface area contributed by atoms with Gasteiger partial charge in [-0.25, -0.2) is 9.98 Å². The Hall–Kier alpha value is -2.98. The summed E-state index contributed by atoms with van der Waals surface area (Å²) in [7, 11) is 0. The Morgan fingerprint density at radius 2 is 2.03 bits per heavy atom. The molecule has 2 N–H and O–H groups in total. The van der Waals surface area contributed by atoms with E-state index >= 15 is 0 Å². The van der Waals surface area contributed by atoms with Gasteiger partial charge in [0.15, 0.2) is 10.3 Å². The number of hydrogen-bond acceptors (Lipinski definition) is 8. The topological polar surface area (TPSA) is 110 Å². The number of carbonyl (C=O) groups excluding carboxylic acids is 1. The summed E-state index contributed by atoms with van der Waals surface area (Å²) in [6, 6.07) is 12.4. The molecule has 0 aliphatic carbocycles. The first-order valence-electron chi connectivity index (χ1n) is 9.84. The Kier molecular flexibility index (Phi) is 6.19. The molecule has 10 heteroatoms. The lowest BCUT2D eigenvalue weighted by Gasteiger charge is -2.11. The summed E-state index contributed by atoms with van der Waals surface area (Å²) >= 11 is 2.57. The minimum atomic E-state index is -0.400. The SMILES string of the molecule is CC(C)[C@@H]1N/C(=N/c2ccc(CCNc3nc4ccc([N+](=O)[O-])cc4s3)cc2)SC1=O. The van der Waals surface area contributed by atoms with Gasteiger partial charge in [0.2, 0.25) is 5.12 Å². The predicted molar refractivity (Wildman–Crippen MR) is 126 cm³/mol. The molecule has 1 aliphatic heterocycles. The van der Waals surface area contributed by atoms with Crippen LogP contribution in [0.1, 0.15) is 19.4 Å². The lowest BCUT2D eigenvalue weighted by atomic mass is 10.1. The zero-order valence-corrected chi connectivity index (χ0v) is 18.6. The van der Waals surface area contributed by atoms with Crippen molar-refractivity contribution in [3.63, 3.8) is 0 Å². The first-order chi connectivity index (χ1) is 14.9. The zero-order valence-electron chi connectivity index (χ0n) is 17.0. The van der Waals surface area contributed by atoms with E-state index in [2.05, 4.69) is 20.6 Å². The fraction of sp³-hybridized carbons (Fsp3) is 0.286. The predicted octanol–water partition coefficient (Wildman–Crippen LogP) is 4.73. The molecule has 1 fully saturated rings. The third-order valence-corrected chi connectivity index (χ3v) is 6.67. The average molecular weight is 456 g/mol. The van der Waals surface area contributed by atoms with Crippen LogP contribution in [0.5, 0.6) is 0 Å². The number of thioether (sulfide) groups is 1. The standard InChI is InChI=1S/C21H21N5O3S2/c1-12(2)18-19(27)31-21(25-18)23-14-5-3-13(4-6-14)9-10-22-20-24-16-8-7-15(26(28)29)11-17(16)30-20/h3-8,11-12,18H,9-10H2,1-2H3,(H,22,24)(H,23,25)/t18-/m0/s1. The molecular formula is C21H21N5O3S2. The molecule has 3 aromatic rings. The molecule has 8 nitrogen and oxygen atoms in total. The number of benzene rings is 2. The molecule has 31 heavy (non-hydrogen) atoms. The summed E-state index contributed by atoms with van der Waals surface area (Å²) in [5.41, 5.74) is 2.77. The molecule has 1 aromatic heterocycles. The highest BCUT2D eigenvalue weighted by Crippen LogP contribution is 2.29. The number of nitrogens with zero attached hydrogens (tertiary/aromatic N) is 3. The number of rotatable bonds is 7. The third kappa shape index (κ3) is 5.02. The van der Waals surface area contributed by atoms with Crippen molar-refractivity contribution in [1.29, 1.82) is 0 Å². The second-order valence-electron chi connectivity index (χ2n) is 7.48. The molecule has 1 atom stereocenters. The maximum absolute atomic E-state index is 12.0. The van der Waals surface area contributed by atoms with Crippen molar-refractivity contribution in [3.05, 3.63) is 58.1 Å². The molecule has 0 saturated carbocycles. The van der Waals surface area contributed by atoms with Gasteiger partial charge >= 0.3 is 0 Å². The Labute approximate surface area is 187 Å². The van der Waals surface area contributed by atoms with E-state index in [1.807, 2.05) is 38.1 Å². The van der Waals surface area contributed by atoms with E-state index in [1.165, 1.54) is 17.4 Å². The van der Waals surface area contributed by atoms with Gasteiger partial charge in [0.1, 0.15) is 0 Å². The monoisotopic (exact) mass is 455 g/mol. The molecule has 2 heterocycles. The van der Waals surface area contributed by atoms with Crippen molar-refractivity contribution in [1.82, 2.24) is 10.3 Å². The quantitative estimate of drug-likeness (QED) is 0.391. The maximum atomic E-state index is 12.0. The van der Waals surface area contributed by atoms with Gasteiger partial charge in [-0.1, -0.05) is 37.3 Å². The summed E-state index contributed by atoms with van der Waals surface area (Å²) in [4.78, 5) is 31.5. The van der Waals surface area contributed by atoms with Crippen LogP contribution in [-0.2, 0) is 11.2 Å². The van der Waals surface area contributed by atoms with E-state index in [0.29, 0.717) is 11.7 Å². The summed E-state index contributed by atoms with van der Waals surface area (Å²) < 4.78 is 0.789. The number of aromatic nitrogens is 1. The van der Waals surface area contributed by atoms with Gasteiger partial charge in [-0.05, 0) is 47.9 Å². The number of nitro groups is 1. The number of fused-ring (bicyclic) bond motifs is 1. The molecule has 1 aliphatic rings. The molecular weight excluding hydrogens is 434 g/mol. The first kappa shape index (κ1) is 21.3. The second-order valence-corrected chi connectivity index (χ2v) is 9.50.